The number of hydrogen-bond acceptors (Lipinski definition) is 4. The molecular weight excluding hydrogens is 278 g/mol. The van der Waals surface area contributed by atoms with Crippen molar-refractivity contribution in [1.29, 1.82) is 0 Å². The third kappa shape index (κ3) is 3.95. The van der Waals surface area contributed by atoms with Crippen molar-refractivity contribution in [3.8, 4) is 11.3 Å². The first-order valence-corrected chi connectivity index (χ1v) is 7.81. The second kappa shape index (κ2) is 7.22. The van der Waals surface area contributed by atoms with Crippen LogP contribution in [-0.2, 0) is 11.2 Å². The van der Waals surface area contributed by atoms with Crippen molar-refractivity contribution in [2.75, 3.05) is 13.1 Å². The van der Waals surface area contributed by atoms with E-state index in [1.54, 1.807) is 6.20 Å². The van der Waals surface area contributed by atoms with Gasteiger partial charge in [0.05, 0.1) is 6.20 Å². The minimum Gasteiger partial charge on any atom is -0.441 e. The fourth-order valence-electron chi connectivity index (χ4n) is 2.65. The van der Waals surface area contributed by atoms with Crippen LogP contribution >= 0.6 is 0 Å². The summed E-state index contributed by atoms with van der Waals surface area (Å²) in [6.07, 6.45) is 4.67. The normalized spacial score (nSPS) is 15.6. The number of amides is 1. The molecule has 5 heteroatoms. The highest BCUT2D eigenvalue weighted by atomic mass is 16.4. The van der Waals surface area contributed by atoms with Crippen LogP contribution in [0.5, 0.6) is 0 Å². The summed E-state index contributed by atoms with van der Waals surface area (Å²) in [4.78, 5) is 16.2. The lowest BCUT2D eigenvalue weighted by atomic mass is 10.1. The first-order valence-electron chi connectivity index (χ1n) is 7.81. The van der Waals surface area contributed by atoms with E-state index in [2.05, 4.69) is 15.6 Å². The lowest BCUT2D eigenvalue weighted by molar-refractivity contribution is -0.122. The van der Waals surface area contributed by atoms with E-state index in [1.807, 2.05) is 30.3 Å². The Hall–Kier alpha value is -2.14. The van der Waals surface area contributed by atoms with Gasteiger partial charge in [-0.3, -0.25) is 4.79 Å². The maximum atomic E-state index is 12.0. The van der Waals surface area contributed by atoms with Gasteiger partial charge in [0.2, 0.25) is 5.91 Å². The van der Waals surface area contributed by atoms with E-state index < -0.39 is 0 Å². The van der Waals surface area contributed by atoms with Crippen molar-refractivity contribution in [3.63, 3.8) is 0 Å². The highest BCUT2D eigenvalue weighted by Gasteiger charge is 2.16. The lowest BCUT2D eigenvalue weighted by Crippen LogP contribution is -2.42. The number of oxazole rings is 1. The number of nitrogens with one attached hydrogen (secondary N) is 2. The van der Waals surface area contributed by atoms with Gasteiger partial charge in [0.15, 0.2) is 11.7 Å². The summed E-state index contributed by atoms with van der Waals surface area (Å²) >= 11 is 0. The summed E-state index contributed by atoms with van der Waals surface area (Å²) in [5.41, 5.74) is 1.00. The Bertz CT molecular complexity index is 603. The minimum atomic E-state index is 0.0753. The number of rotatable bonds is 5. The molecule has 0 bridgehead atoms. The van der Waals surface area contributed by atoms with Crippen LogP contribution in [0.4, 0.5) is 0 Å². The lowest BCUT2D eigenvalue weighted by Gasteiger charge is -2.23. The second-order valence-electron chi connectivity index (χ2n) is 5.58. The molecule has 1 aliphatic rings. The SMILES string of the molecule is O=C(CCc1ncc(-c2ccccc2)o1)NC1CCNCC1. The summed E-state index contributed by atoms with van der Waals surface area (Å²) < 4.78 is 5.71. The van der Waals surface area contributed by atoms with Gasteiger partial charge < -0.3 is 15.1 Å². The fraction of sp³-hybridized carbons (Fsp3) is 0.412. The van der Waals surface area contributed by atoms with Gasteiger partial charge >= 0.3 is 0 Å². The molecule has 2 aromatic rings. The molecule has 0 aliphatic carbocycles. The third-order valence-electron chi connectivity index (χ3n) is 3.88. The first-order chi connectivity index (χ1) is 10.8. The average Bonchev–Trinajstić information content (AvgIpc) is 3.04. The minimum absolute atomic E-state index is 0.0753. The molecule has 1 aromatic heterocycles. The number of aromatic nitrogens is 1. The van der Waals surface area contributed by atoms with E-state index in [0.717, 1.165) is 37.3 Å². The Morgan fingerprint density at radius 3 is 2.82 bits per heavy atom. The molecule has 1 amide bonds. The van der Waals surface area contributed by atoms with Gasteiger partial charge in [-0.1, -0.05) is 30.3 Å². The van der Waals surface area contributed by atoms with Crippen molar-refractivity contribution in [2.24, 2.45) is 0 Å². The van der Waals surface area contributed by atoms with Gasteiger partial charge in [-0.15, -0.1) is 0 Å². The molecule has 2 heterocycles. The van der Waals surface area contributed by atoms with Crippen LogP contribution in [0.2, 0.25) is 0 Å². The summed E-state index contributed by atoms with van der Waals surface area (Å²) in [6.45, 7) is 1.95. The number of aryl methyl sites for hydroxylation is 1. The molecule has 22 heavy (non-hydrogen) atoms. The van der Waals surface area contributed by atoms with Gasteiger partial charge in [0.25, 0.3) is 0 Å². The van der Waals surface area contributed by atoms with Gasteiger partial charge in [-0.05, 0) is 25.9 Å². The van der Waals surface area contributed by atoms with E-state index >= 15 is 0 Å². The van der Waals surface area contributed by atoms with Crippen molar-refractivity contribution < 1.29 is 9.21 Å². The number of nitrogens with zero attached hydrogens (tertiary/aromatic N) is 1. The molecule has 5 nitrogen and oxygen atoms in total. The first kappa shape index (κ1) is 14.8. The summed E-state index contributed by atoms with van der Waals surface area (Å²) in [5.74, 6) is 1.43. The van der Waals surface area contributed by atoms with E-state index in [-0.39, 0.29) is 5.91 Å². The zero-order chi connectivity index (χ0) is 15.2. The van der Waals surface area contributed by atoms with Crippen LogP contribution < -0.4 is 10.6 Å². The molecule has 116 valence electrons. The monoisotopic (exact) mass is 299 g/mol. The van der Waals surface area contributed by atoms with E-state index in [1.165, 1.54) is 0 Å². The van der Waals surface area contributed by atoms with Crippen LogP contribution in [0, 0.1) is 0 Å². The summed E-state index contributed by atoms with van der Waals surface area (Å²) in [5, 5.41) is 6.37. The highest BCUT2D eigenvalue weighted by molar-refractivity contribution is 5.76. The molecule has 1 aromatic carbocycles. The molecule has 0 spiro atoms. The molecule has 3 rings (SSSR count). The molecule has 2 N–H and O–H groups in total. The quantitative estimate of drug-likeness (QED) is 0.887. The Labute approximate surface area is 130 Å². The Balaban J connectivity index is 1.49. The highest BCUT2D eigenvalue weighted by Crippen LogP contribution is 2.20. The predicted octanol–water partition coefficient (Wildman–Crippen LogP) is 2.14. The number of piperidine rings is 1. The van der Waals surface area contributed by atoms with Gasteiger partial charge in [0, 0.05) is 24.4 Å². The number of carbonyl (C=O) groups excluding carboxylic acids is 1. The third-order valence-corrected chi connectivity index (χ3v) is 3.88. The van der Waals surface area contributed by atoms with Gasteiger partial charge in [-0.2, -0.15) is 0 Å². The Morgan fingerprint density at radius 2 is 2.05 bits per heavy atom. The van der Waals surface area contributed by atoms with Crippen LogP contribution in [0.1, 0.15) is 25.2 Å². The summed E-state index contributed by atoms with van der Waals surface area (Å²) in [7, 11) is 0. The van der Waals surface area contributed by atoms with Crippen molar-refractivity contribution >= 4 is 5.91 Å². The van der Waals surface area contributed by atoms with Crippen molar-refractivity contribution in [1.82, 2.24) is 15.6 Å². The standard InChI is InChI=1S/C17H21N3O2/c21-16(20-14-8-10-18-11-9-14)6-7-17-19-12-15(22-17)13-4-2-1-3-5-13/h1-5,12,14,18H,6-11H2,(H,20,21). The van der Waals surface area contributed by atoms with Crippen LogP contribution in [0.15, 0.2) is 40.9 Å². The van der Waals surface area contributed by atoms with Crippen LogP contribution in [0.25, 0.3) is 11.3 Å². The van der Waals surface area contributed by atoms with Crippen molar-refractivity contribution in [3.05, 3.63) is 42.4 Å². The Morgan fingerprint density at radius 1 is 1.27 bits per heavy atom. The molecule has 0 atom stereocenters. The molecule has 1 fully saturated rings. The van der Waals surface area contributed by atoms with Gasteiger partial charge in [0.1, 0.15) is 0 Å². The average molecular weight is 299 g/mol. The maximum Gasteiger partial charge on any atom is 0.220 e. The van der Waals surface area contributed by atoms with Crippen molar-refractivity contribution in [2.45, 2.75) is 31.7 Å². The predicted molar refractivity (Wildman–Crippen MR) is 84.3 cm³/mol. The molecule has 0 saturated carbocycles. The van der Waals surface area contributed by atoms with Crippen LogP contribution in [0.3, 0.4) is 0 Å². The number of carbonyl (C=O) groups is 1. The van der Waals surface area contributed by atoms with E-state index in [0.29, 0.717) is 24.8 Å². The molecule has 1 aliphatic heterocycles. The Kier molecular flexibility index (Phi) is 4.85. The topological polar surface area (TPSA) is 67.2 Å². The zero-order valence-electron chi connectivity index (χ0n) is 12.5. The smallest absolute Gasteiger partial charge is 0.220 e. The number of hydrogen-bond donors (Lipinski definition) is 2. The summed E-state index contributed by atoms with van der Waals surface area (Å²) in [6, 6.07) is 10.2. The van der Waals surface area contributed by atoms with Crippen LogP contribution in [-0.4, -0.2) is 30.0 Å². The van der Waals surface area contributed by atoms with E-state index in [4.69, 9.17) is 4.42 Å². The maximum absolute atomic E-state index is 12.0. The molecular formula is C17H21N3O2. The molecule has 0 radical (unpaired) electrons. The largest absolute Gasteiger partial charge is 0.441 e. The van der Waals surface area contributed by atoms with Gasteiger partial charge in [-0.25, -0.2) is 4.98 Å². The molecule has 1 saturated heterocycles. The molecule has 0 unspecified atom stereocenters. The second-order valence-corrected chi connectivity index (χ2v) is 5.58. The van der Waals surface area contributed by atoms with E-state index in [9.17, 15) is 4.79 Å². The zero-order valence-corrected chi connectivity index (χ0v) is 12.5. The number of benzene rings is 1. The fourth-order valence-corrected chi connectivity index (χ4v) is 2.65.